The van der Waals surface area contributed by atoms with Gasteiger partial charge in [-0.3, -0.25) is 13.9 Å². The molecule has 3 aromatic rings. The largest absolute Gasteiger partial charge is 0.352 e. The van der Waals surface area contributed by atoms with Gasteiger partial charge in [0, 0.05) is 17.6 Å². The number of amides is 2. The van der Waals surface area contributed by atoms with E-state index in [0.29, 0.717) is 29.1 Å². The fourth-order valence-electron chi connectivity index (χ4n) is 5.38. The van der Waals surface area contributed by atoms with Crippen molar-refractivity contribution in [2.45, 2.75) is 75.9 Å². The quantitative estimate of drug-likeness (QED) is 0.280. The van der Waals surface area contributed by atoms with Gasteiger partial charge in [0.25, 0.3) is 10.0 Å². The lowest BCUT2D eigenvalue weighted by Gasteiger charge is -2.34. The van der Waals surface area contributed by atoms with Crippen molar-refractivity contribution >= 4 is 39.1 Å². The lowest BCUT2D eigenvalue weighted by atomic mass is 10.1. The van der Waals surface area contributed by atoms with Crippen LogP contribution in [0.4, 0.5) is 5.69 Å². The second-order valence-electron chi connectivity index (χ2n) is 10.3. The molecule has 4 rings (SSSR count). The Morgan fingerprint density at radius 1 is 0.902 bits per heavy atom. The molecule has 9 heteroatoms. The Kier molecular flexibility index (Phi) is 10.5. The van der Waals surface area contributed by atoms with Crippen molar-refractivity contribution in [2.75, 3.05) is 10.8 Å². The van der Waals surface area contributed by atoms with E-state index in [1.54, 1.807) is 42.5 Å². The second kappa shape index (κ2) is 14.0. The third kappa shape index (κ3) is 7.29. The number of nitrogens with zero attached hydrogens (tertiary/aromatic N) is 2. The molecule has 41 heavy (non-hydrogen) atoms. The monoisotopic (exact) mass is 595 g/mol. The summed E-state index contributed by atoms with van der Waals surface area (Å²) in [7, 11) is -4.11. The van der Waals surface area contributed by atoms with Crippen LogP contribution in [0.25, 0.3) is 0 Å². The Labute approximate surface area is 248 Å². The van der Waals surface area contributed by atoms with Crippen LogP contribution < -0.4 is 9.62 Å². The van der Waals surface area contributed by atoms with Crippen LogP contribution in [0.1, 0.15) is 57.1 Å². The van der Waals surface area contributed by atoms with Gasteiger partial charge in [-0.25, -0.2) is 8.42 Å². The maximum Gasteiger partial charge on any atom is 0.264 e. The first-order chi connectivity index (χ1) is 19.8. The summed E-state index contributed by atoms with van der Waals surface area (Å²) in [5, 5.41) is 3.60. The maximum absolute atomic E-state index is 14.3. The van der Waals surface area contributed by atoms with Gasteiger partial charge in [-0.05, 0) is 61.1 Å². The molecule has 0 aromatic heterocycles. The molecule has 1 fully saturated rings. The molecule has 1 aliphatic rings. The third-order valence-electron chi connectivity index (χ3n) is 7.64. The molecule has 0 bridgehead atoms. The molecule has 0 heterocycles. The minimum absolute atomic E-state index is 0.0732. The molecular formula is C32H38ClN3O4S. The number of hydrogen-bond donors (Lipinski definition) is 1. The third-order valence-corrected chi connectivity index (χ3v) is 9.78. The number of sulfonamides is 1. The molecule has 218 valence electrons. The van der Waals surface area contributed by atoms with E-state index in [9.17, 15) is 18.0 Å². The fourth-order valence-corrected chi connectivity index (χ4v) is 7.05. The van der Waals surface area contributed by atoms with E-state index in [2.05, 4.69) is 5.32 Å². The predicted octanol–water partition coefficient (Wildman–Crippen LogP) is 5.96. The second-order valence-corrected chi connectivity index (χ2v) is 12.6. The fraction of sp³-hybridized carbons (Fsp3) is 0.375. The van der Waals surface area contributed by atoms with Gasteiger partial charge in [-0.2, -0.15) is 0 Å². The number of rotatable bonds is 12. The Morgan fingerprint density at radius 3 is 2.15 bits per heavy atom. The molecular weight excluding hydrogens is 558 g/mol. The summed E-state index contributed by atoms with van der Waals surface area (Å²) in [6, 6.07) is 21.8. The number of aryl methyl sites for hydroxylation is 1. The molecule has 2 amide bonds. The SMILES string of the molecule is CCc1ccccc1N(CC(=O)N(Cc1ccccc1Cl)C(CC)C(=O)NC1CCCC1)S(=O)(=O)c1ccccc1. The smallest absolute Gasteiger partial charge is 0.264 e. The van der Waals surface area contributed by atoms with Gasteiger partial charge in [0.15, 0.2) is 0 Å². The van der Waals surface area contributed by atoms with Crippen LogP contribution in [0, 0.1) is 0 Å². The van der Waals surface area contributed by atoms with Crippen molar-refractivity contribution in [1.82, 2.24) is 10.2 Å². The minimum atomic E-state index is -4.11. The van der Waals surface area contributed by atoms with Crippen LogP contribution in [0.3, 0.4) is 0 Å². The first-order valence-electron chi connectivity index (χ1n) is 14.2. The van der Waals surface area contributed by atoms with E-state index in [4.69, 9.17) is 11.6 Å². The van der Waals surface area contributed by atoms with E-state index in [-0.39, 0.29) is 23.4 Å². The van der Waals surface area contributed by atoms with Crippen LogP contribution in [-0.4, -0.2) is 43.8 Å². The molecule has 1 unspecified atom stereocenters. The van der Waals surface area contributed by atoms with Crippen molar-refractivity contribution in [3.8, 4) is 0 Å². The molecule has 0 saturated heterocycles. The highest BCUT2D eigenvalue weighted by atomic mass is 35.5. The molecule has 1 N–H and O–H groups in total. The molecule has 7 nitrogen and oxygen atoms in total. The standard InChI is InChI=1S/C32H38ClN3O4S/c1-3-24-14-9-13-21-30(24)36(41(39,40)27-18-6-5-7-19-27)23-31(37)35(22-25-15-8-12-20-28(25)33)29(4-2)32(38)34-26-16-10-11-17-26/h5-9,12-15,18-21,26,29H,3-4,10-11,16-17,22-23H2,1-2H3,(H,34,38). The molecule has 0 radical (unpaired) electrons. The van der Waals surface area contributed by atoms with Gasteiger partial charge in [-0.1, -0.05) is 92.9 Å². The van der Waals surface area contributed by atoms with Gasteiger partial charge in [0.1, 0.15) is 12.6 Å². The Morgan fingerprint density at radius 2 is 1.51 bits per heavy atom. The van der Waals surface area contributed by atoms with Crippen LogP contribution in [0.5, 0.6) is 0 Å². The van der Waals surface area contributed by atoms with Gasteiger partial charge in [0.05, 0.1) is 10.6 Å². The number of nitrogens with one attached hydrogen (secondary N) is 1. The first kappa shape index (κ1) is 30.6. The lowest BCUT2D eigenvalue weighted by Crippen LogP contribution is -2.53. The lowest BCUT2D eigenvalue weighted by molar-refractivity contribution is -0.140. The number of carbonyl (C=O) groups excluding carboxylic acids is 2. The Balaban J connectivity index is 1.74. The summed E-state index contributed by atoms with van der Waals surface area (Å²) in [5.41, 5.74) is 1.91. The van der Waals surface area contributed by atoms with E-state index < -0.39 is 28.5 Å². The maximum atomic E-state index is 14.3. The zero-order valence-corrected chi connectivity index (χ0v) is 25.2. The summed E-state index contributed by atoms with van der Waals surface area (Å²) in [6.07, 6.45) is 4.90. The topological polar surface area (TPSA) is 86.8 Å². The van der Waals surface area contributed by atoms with E-state index >= 15 is 0 Å². The van der Waals surface area contributed by atoms with Crippen molar-refractivity contribution in [1.29, 1.82) is 0 Å². The van der Waals surface area contributed by atoms with E-state index in [1.807, 2.05) is 38.1 Å². The average molecular weight is 596 g/mol. The molecule has 0 spiro atoms. The molecule has 1 aliphatic carbocycles. The van der Waals surface area contributed by atoms with Crippen LogP contribution in [-0.2, 0) is 32.6 Å². The summed E-state index contributed by atoms with van der Waals surface area (Å²) in [6.45, 7) is 3.41. The van der Waals surface area contributed by atoms with Crippen molar-refractivity contribution in [3.63, 3.8) is 0 Å². The highest BCUT2D eigenvalue weighted by Crippen LogP contribution is 2.29. The van der Waals surface area contributed by atoms with Gasteiger partial charge >= 0.3 is 0 Å². The molecule has 3 aromatic carbocycles. The minimum Gasteiger partial charge on any atom is -0.352 e. The number of hydrogen-bond acceptors (Lipinski definition) is 4. The molecule has 0 aliphatic heterocycles. The number of halogens is 1. The van der Waals surface area contributed by atoms with Crippen molar-refractivity contribution in [2.24, 2.45) is 0 Å². The Bertz CT molecular complexity index is 1440. The summed E-state index contributed by atoms with van der Waals surface area (Å²) >= 11 is 6.49. The number of para-hydroxylation sites is 1. The van der Waals surface area contributed by atoms with E-state index in [0.717, 1.165) is 31.2 Å². The number of benzene rings is 3. The summed E-state index contributed by atoms with van der Waals surface area (Å²) in [4.78, 5) is 29.4. The van der Waals surface area contributed by atoms with Crippen molar-refractivity contribution in [3.05, 3.63) is 95.0 Å². The van der Waals surface area contributed by atoms with Gasteiger partial charge in [0.2, 0.25) is 11.8 Å². The Hall–Kier alpha value is -3.36. The highest BCUT2D eigenvalue weighted by Gasteiger charge is 2.35. The molecule has 1 saturated carbocycles. The zero-order chi connectivity index (χ0) is 29.4. The first-order valence-corrected chi connectivity index (χ1v) is 16.1. The number of carbonyl (C=O) groups is 2. The molecule has 1 atom stereocenters. The highest BCUT2D eigenvalue weighted by molar-refractivity contribution is 7.92. The van der Waals surface area contributed by atoms with Crippen LogP contribution >= 0.6 is 11.6 Å². The normalized spacial score (nSPS) is 14.4. The summed E-state index contributed by atoms with van der Waals surface area (Å²) in [5.74, 6) is -0.713. The van der Waals surface area contributed by atoms with E-state index in [1.165, 1.54) is 21.3 Å². The zero-order valence-electron chi connectivity index (χ0n) is 23.6. The van der Waals surface area contributed by atoms with Gasteiger partial charge in [-0.15, -0.1) is 0 Å². The van der Waals surface area contributed by atoms with Gasteiger partial charge < -0.3 is 10.2 Å². The average Bonchev–Trinajstić information content (AvgIpc) is 3.50. The summed E-state index contributed by atoms with van der Waals surface area (Å²) < 4.78 is 29.2. The van der Waals surface area contributed by atoms with Crippen LogP contribution in [0.15, 0.2) is 83.8 Å². The van der Waals surface area contributed by atoms with Crippen molar-refractivity contribution < 1.29 is 18.0 Å². The van der Waals surface area contributed by atoms with Crippen LogP contribution in [0.2, 0.25) is 5.02 Å². The predicted molar refractivity (Wildman–Crippen MR) is 163 cm³/mol. The number of anilines is 1.